The highest BCUT2D eigenvalue weighted by molar-refractivity contribution is 5.74. The largest absolute Gasteiger partial charge is 0.339 e. The summed E-state index contributed by atoms with van der Waals surface area (Å²) in [6.45, 7) is 0.608. The first kappa shape index (κ1) is 10.7. The van der Waals surface area contributed by atoms with Gasteiger partial charge in [-0.2, -0.15) is 4.98 Å². The average molecular weight is 254 g/mol. The molecule has 2 aromatic heterocycles. The molecule has 0 aliphatic heterocycles. The van der Waals surface area contributed by atoms with E-state index in [-0.39, 0.29) is 0 Å². The second kappa shape index (κ2) is 4.19. The molecule has 5 nitrogen and oxygen atoms in total. The molecule has 1 aliphatic rings. The van der Waals surface area contributed by atoms with E-state index in [0.29, 0.717) is 12.5 Å². The third-order valence-electron chi connectivity index (χ3n) is 3.78. The van der Waals surface area contributed by atoms with Gasteiger partial charge in [-0.1, -0.05) is 23.7 Å². The van der Waals surface area contributed by atoms with Gasteiger partial charge in [0, 0.05) is 5.92 Å². The highest BCUT2D eigenvalue weighted by Gasteiger charge is 2.25. The van der Waals surface area contributed by atoms with Crippen molar-refractivity contribution in [1.29, 1.82) is 0 Å². The average Bonchev–Trinajstić information content (AvgIpc) is 2.96. The lowest BCUT2D eigenvalue weighted by Gasteiger charge is -2.20. The summed E-state index contributed by atoms with van der Waals surface area (Å²) in [4.78, 5) is 8.85. The van der Waals surface area contributed by atoms with Crippen LogP contribution in [0.3, 0.4) is 0 Å². The molecule has 0 bridgehead atoms. The third kappa shape index (κ3) is 1.82. The Hall–Kier alpha value is -2.17. The maximum Gasteiger partial charge on any atom is 0.229 e. The van der Waals surface area contributed by atoms with E-state index in [2.05, 4.69) is 21.2 Å². The van der Waals surface area contributed by atoms with Crippen LogP contribution in [0.5, 0.6) is 0 Å². The Morgan fingerprint density at radius 2 is 2.16 bits per heavy atom. The summed E-state index contributed by atoms with van der Waals surface area (Å²) < 4.78 is 7.38. The van der Waals surface area contributed by atoms with Crippen LogP contribution in [0.25, 0.3) is 11.0 Å². The zero-order valence-electron chi connectivity index (χ0n) is 10.5. The van der Waals surface area contributed by atoms with Crippen molar-refractivity contribution in [2.45, 2.75) is 31.7 Å². The van der Waals surface area contributed by atoms with E-state index in [0.717, 1.165) is 22.7 Å². The van der Waals surface area contributed by atoms with Gasteiger partial charge in [-0.3, -0.25) is 0 Å². The van der Waals surface area contributed by atoms with Crippen LogP contribution in [-0.4, -0.2) is 19.7 Å². The Bertz CT molecular complexity index is 711. The first-order valence-corrected chi connectivity index (χ1v) is 6.62. The van der Waals surface area contributed by atoms with Crippen molar-refractivity contribution in [2.75, 3.05) is 0 Å². The summed E-state index contributed by atoms with van der Waals surface area (Å²) in [7, 11) is 0. The highest BCUT2D eigenvalue weighted by atomic mass is 16.5. The fraction of sp³-hybridized carbons (Fsp3) is 0.357. The van der Waals surface area contributed by atoms with Crippen molar-refractivity contribution >= 4 is 11.0 Å². The van der Waals surface area contributed by atoms with E-state index >= 15 is 0 Å². The number of benzene rings is 1. The van der Waals surface area contributed by atoms with E-state index in [1.165, 1.54) is 19.3 Å². The van der Waals surface area contributed by atoms with Gasteiger partial charge in [0.1, 0.15) is 0 Å². The van der Waals surface area contributed by atoms with Gasteiger partial charge >= 0.3 is 0 Å². The second-order valence-electron chi connectivity index (χ2n) is 5.04. The lowest BCUT2D eigenvalue weighted by atomic mass is 9.85. The van der Waals surface area contributed by atoms with E-state index in [1.54, 1.807) is 0 Å². The maximum absolute atomic E-state index is 5.33. The summed E-state index contributed by atoms with van der Waals surface area (Å²) in [6.07, 6.45) is 5.45. The number of para-hydroxylation sites is 2. The summed E-state index contributed by atoms with van der Waals surface area (Å²) in [5.41, 5.74) is 2.09. The van der Waals surface area contributed by atoms with E-state index in [1.807, 2.05) is 29.1 Å². The fourth-order valence-electron chi connectivity index (χ4n) is 2.44. The van der Waals surface area contributed by atoms with Crippen molar-refractivity contribution in [1.82, 2.24) is 19.7 Å². The molecule has 96 valence electrons. The van der Waals surface area contributed by atoms with Crippen LogP contribution in [0, 0.1) is 0 Å². The molecular formula is C14H14N4O. The van der Waals surface area contributed by atoms with Crippen molar-refractivity contribution in [2.24, 2.45) is 0 Å². The van der Waals surface area contributed by atoms with Gasteiger partial charge in [0.15, 0.2) is 5.82 Å². The Kier molecular flexibility index (Phi) is 2.36. The Morgan fingerprint density at radius 1 is 1.26 bits per heavy atom. The molecule has 5 heteroatoms. The number of nitrogens with zero attached hydrogens (tertiary/aromatic N) is 4. The molecule has 3 aromatic rings. The van der Waals surface area contributed by atoms with Gasteiger partial charge in [-0.15, -0.1) is 0 Å². The Morgan fingerprint density at radius 3 is 3.00 bits per heavy atom. The van der Waals surface area contributed by atoms with Gasteiger partial charge in [-0.05, 0) is 25.0 Å². The van der Waals surface area contributed by atoms with Gasteiger partial charge in [0.25, 0.3) is 0 Å². The van der Waals surface area contributed by atoms with Crippen LogP contribution in [0.4, 0.5) is 0 Å². The molecule has 4 rings (SSSR count). The molecule has 0 unspecified atom stereocenters. The number of hydrogen-bond donors (Lipinski definition) is 0. The van der Waals surface area contributed by atoms with Gasteiger partial charge in [0.2, 0.25) is 5.89 Å². The molecule has 0 N–H and O–H groups in total. The molecule has 19 heavy (non-hydrogen) atoms. The predicted octanol–water partition coefficient (Wildman–Crippen LogP) is 2.74. The smallest absolute Gasteiger partial charge is 0.229 e. The molecule has 1 aromatic carbocycles. The SMILES string of the molecule is c1ccc2c(c1)ncn2Cc1noc(C2CCC2)n1. The number of rotatable bonds is 3. The molecular weight excluding hydrogens is 240 g/mol. The van der Waals surface area contributed by atoms with Crippen molar-refractivity contribution in [3.63, 3.8) is 0 Å². The standard InChI is InChI=1S/C14H14N4O/c1-2-7-12-11(6-1)15-9-18(12)8-13-16-14(19-17-13)10-4-3-5-10/h1-2,6-7,9-10H,3-5,8H2. The number of fused-ring (bicyclic) bond motifs is 1. The van der Waals surface area contributed by atoms with Crippen LogP contribution in [0.1, 0.15) is 36.9 Å². The topological polar surface area (TPSA) is 56.7 Å². The first-order valence-electron chi connectivity index (χ1n) is 6.62. The van der Waals surface area contributed by atoms with Crippen molar-refractivity contribution in [3.05, 3.63) is 42.3 Å². The molecule has 0 atom stereocenters. The van der Waals surface area contributed by atoms with Gasteiger partial charge in [0.05, 0.1) is 23.9 Å². The van der Waals surface area contributed by atoms with Gasteiger partial charge < -0.3 is 9.09 Å². The van der Waals surface area contributed by atoms with E-state index in [4.69, 9.17) is 4.52 Å². The molecule has 2 heterocycles. The lowest BCUT2D eigenvalue weighted by Crippen LogP contribution is -2.09. The monoisotopic (exact) mass is 254 g/mol. The minimum atomic E-state index is 0.487. The third-order valence-corrected chi connectivity index (χ3v) is 3.78. The molecule has 0 saturated heterocycles. The van der Waals surface area contributed by atoms with Crippen LogP contribution in [0.15, 0.2) is 35.1 Å². The summed E-state index contributed by atoms with van der Waals surface area (Å²) >= 11 is 0. The Balaban J connectivity index is 1.61. The minimum Gasteiger partial charge on any atom is -0.339 e. The molecule has 0 amide bonds. The summed E-state index contributed by atoms with van der Waals surface area (Å²) in [6, 6.07) is 8.05. The summed E-state index contributed by atoms with van der Waals surface area (Å²) in [5, 5.41) is 4.07. The number of aromatic nitrogens is 4. The predicted molar refractivity (Wildman–Crippen MR) is 69.7 cm³/mol. The Labute approximate surface area is 110 Å². The molecule has 1 saturated carbocycles. The van der Waals surface area contributed by atoms with Crippen LogP contribution in [-0.2, 0) is 6.54 Å². The first-order chi connectivity index (χ1) is 9.40. The second-order valence-corrected chi connectivity index (χ2v) is 5.04. The molecule has 0 spiro atoms. The zero-order chi connectivity index (χ0) is 12.7. The zero-order valence-corrected chi connectivity index (χ0v) is 10.5. The normalized spacial score (nSPS) is 15.8. The maximum atomic E-state index is 5.33. The van der Waals surface area contributed by atoms with E-state index < -0.39 is 0 Å². The van der Waals surface area contributed by atoms with Crippen LogP contribution in [0.2, 0.25) is 0 Å². The number of hydrogen-bond acceptors (Lipinski definition) is 4. The van der Waals surface area contributed by atoms with Crippen molar-refractivity contribution in [3.8, 4) is 0 Å². The number of imidazole rings is 1. The van der Waals surface area contributed by atoms with Crippen LogP contribution < -0.4 is 0 Å². The summed E-state index contributed by atoms with van der Waals surface area (Å²) in [5.74, 6) is 2.01. The highest BCUT2D eigenvalue weighted by Crippen LogP contribution is 2.35. The molecule has 1 aliphatic carbocycles. The lowest BCUT2D eigenvalue weighted by molar-refractivity contribution is 0.291. The van der Waals surface area contributed by atoms with Crippen LogP contribution >= 0.6 is 0 Å². The van der Waals surface area contributed by atoms with Crippen molar-refractivity contribution < 1.29 is 4.52 Å². The quantitative estimate of drug-likeness (QED) is 0.721. The van der Waals surface area contributed by atoms with E-state index in [9.17, 15) is 0 Å². The molecule has 1 fully saturated rings. The molecule has 0 radical (unpaired) electrons. The fourth-order valence-corrected chi connectivity index (χ4v) is 2.44. The minimum absolute atomic E-state index is 0.487. The van der Waals surface area contributed by atoms with Gasteiger partial charge in [-0.25, -0.2) is 4.98 Å².